The number of hydrogen-bond acceptors (Lipinski definition) is 2. The van der Waals surface area contributed by atoms with Crippen molar-refractivity contribution in [2.24, 2.45) is 0 Å². The standard InChI is InChI=1S/C10H13N3/c1-13(2)7-9-5-3-4-8-6-11-12-10(8)9/h3-6H,7H2,1-2H3,(H,11,12). The van der Waals surface area contributed by atoms with Crippen LogP contribution in [0.1, 0.15) is 5.56 Å². The molecule has 0 saturated heterocycles. The van der Waals surface area contributed by atoms with Gasteiger partial charge in [0.2, 0.25) is 0 Å². The van der Waals surface area contributed by atoms with Crippen molar-refractivity contribution in [1.82, 2.24) is 15.1 Å². The van der Waals surface area contributed by atoms with E-state index in [-0.39, 0.29) is 0 Å². The summed E-state index contributed by atoms with van der Waals surface area (Å²) in [6, 6.07) is 6.26. The van der Waals surface area contributed by atoms with Gasteiger partial charge in [-0.25, -0.2) is 0 Å². The average molecular weight is 175 g/mol. The molecule has 0 amide bonds. The minimum atomic E-state index is 0.944. The largest absolute Gasteiger partial charge is 0.305 e. The third-order valence-electron chi connectivity index (χ3n) is 2.05. The Morgan fingerprint density at radius 2 is 2.23 bits per heavy atom. The molecule has 0 aliphatic rings. The third-order valence-corrected chi connectivity index (χ3v) is 2.05. The van der Waals surface area contributed by atoms with Gasteiger partial charge in [0.1, 0.15) is 0 Å². The third kappa shape index (κ3) is 1.55. The molecule has 3 heteroatoms. The van der Waals surface area contributed by atoms with Crippen molar-refractivity contribution in [1.29, 1.82) is 0 Å². The predicted octanol–water partition coefficient (Wildman–Crippen LogP) is 1.62. The van der Waals surface area contributed by atoms with Gasteiger partial charge in [0.25, 0.3) is 0 Å². The quantitative estimate of drug-likeness (QED) is 0.752. The molecule has 1 heterocycles. The number of para-hydroxylation sites is 1. The van der Waals surface area contributed by atoms with E-state index >= 15 is 0 Å². The van der Waals surface area contributed by atoms with Gasteiger partial charge < -0.3 is 4.90 Å². The van der Waals surface area contributed by atoms with Crippen LogP contribution < -0.4 is 0 Å². The van der Waals surface area contributed by atoms with E-state index in [1.807, 2.05) is 6.20 Å². The van der Waals surface area contributed by atoms with E-state index in [1.54, 1.807) is 0 Å². The molecule has 68 valence electrons. The predicted molar refractivity (Wildman–Crippen MR) is 53.5 cm³/mol. The van der Waals surface area contributed by atoms with Gasteiger partial charge >= 0.3 is 0 Å². The van der Waals surface area contributed by atoms with Crippen LogP contribution in [0.3, 0.4) is 0 Å². The van der Waals surface area contributed by atoms with Gasteiger partial charge in [0.15, 0.2) is 0 Å². The van der Waals surface area contributed by atoms with Gasteiger partial charge in [-0.3, -0.25) is 5.10 Å². The zero-order chi connectivity index (χ0) is 9.26. The summed E-state index contributed by atoms with van der Waals surface area (Å²) in [6.07, 6.45) is 1.86. The van der Waals surface area contributed by atoms with E-state index in [2.05, 4.69) is 47.4 Å². The minimum Gasteiger partial charge on any atom is -0.305 e. The first kappa shape index (κ1) is 8.26. The van der Waals surface area contributed by atoms with Gasteiger partial charge in [0.05, 0.1) is 11.7 Å². The second kappa shape index (κ2) is 3.18. The van der Waals surface area contributed by atoms with Crippen molar-refractivity contribution in [3.8, 4) is 0 Å². The number of nitrogens with one attached hydrogen (secondary N) is 1. The Morgan fingerprint density at radius 1 is 1.38 bits per heavy atom. The summed E-state index contributed by atoms with van der Waals surface area (Å²) in [5.41, 5.74) is 2.44. The molecule has 0 unspecified atom stereocenters. The van der Waals surface area contributed by atoms with E-state index in [9.17, 15) is 0 Å². The van der Waals surface area contributed by atoms with Crippen LogP contribution in [0, 0.1) is 0 Å². The molecule has 0 aliphatic heterocycles. The number of nitrogens with zero attached hydrogens (tertiary/aromatic N) is 2. The Balaban J connectivity index is 2.48. The maximum Gasteiger partial charge on any atom is 0.0695 e. The van der Waals surface area contributed by atoms with Crippen molar-refractivity contribution in [3.05, 3.63) is 30.0 Å². The zero-order valence-electron chi connectivity index (χ0n) is 7.91. The number of aromatic nitrogens is 2. The van der Waals surface area contributed by atoms with Gasteiger partial charge in [-0.1, -0.05) is 18.2 Å². The Bertz CT molecular complexity index is 403. The van der Waals surface area contributed by atoms with Gasteiger partial charge in [0, 0.05) is 11.9 Å². The second-order valence-corrected chi connectivity index (χ2v) is 3.49. The molecule has 1 aromatic heterocycles. The number of fused-ring (bicyclic) bond motifs is 1. The molecule has 1 N–H and O–H groups in total. The van der Waals surface area contributed by atoms with Gasteiger partial charge in [-0.15, -0.1) is 0 Å². The molecule has 1 aromatic carbocycles. The first-order chi connectivity index (χ1) is 6.27. The van der Waals surface area contributed by atoms with Crippen molar-refractivity contribution < 1.29 is 0 Å². The molecule has 0 saturated carbocycles. The van der Waals surface area contributed by atoms with E-state index < -0.39 is 0 Å². The highest BCUT2D eigenvalue weighted by molar-refractivity contribution is 5.81. The molecular weight excluding hydrogens is 162 g/mol. The number of H-pyrrole nitrogens is 1. The molecule has 0 radical (unpaired) electrons. The van der Waals surface area contributed by atoms with Crippen LogP contribution in [-0.2, 0) is 6.54 Å². The lowest BCUT2D eigenvalue weighted by Gasteiger charge is -2.09. The molecule has 0 bridgehead atoms. The smallest absolute Gasteiger partial charge is 0.0695 e. The van der Waals surface area contributed by atoms with Crippen molar-refractivity contribution in [2.45, 2.75) is 6.54 Å². The minimum absolute atomic E-state index is 0.944. The molecule has 3 nitrogen and oxygen atoms in total. The van der Waals surface area contributed by atoms with Crippen LogP contribution in [-0.4, -0.2) is 29.2 Å². The molecule has 13 heavy (non-hydrogen) atoms. The monoisotopic (exact) mass is 175 g/mol. The van der Waals surface area contributed by atoms with E-state index in [4.69, 9.17) is 0 Å². The fourth-order valence-electron chi connectivity index (χ4n) is 1.50. The average Bonchev–Trinajstić information content (AvgIpc) is 2.51. The fourth-order valence-corrected chi connectivity index (χ4v) is 1.50. The first-order valence-corrected chi connectivity index (χ1v) is 4.33. The Morgan fingerprint density at radius 3 is 3.00 bits per heavy atom. The highest BCUT2D eigenvalue weighted by Gasteiger charge is 2.02. The van der Waals surface area contributed by atoms with Crippen LogP contribution in [0.2, 0.25) is 0 Å². The molecular formula is C10H13N3. The Kier molecular flexibility index (Phi) is 2.02. The van der Waals surface area contributed by atoms with E-state index in [1.165, 1.54) is 10.9 Å². The van der Waals surface area contributed by atoms with Crippen molar-refractivity contribution >= 4 is 10.9 Å². The van der Waals surface area contributed by atoms with Crippen LogP contribution in [0.5, 0.6) is 0 Å². The number of hydrogen-bond donors (Lipinski definition) is 1. The van der Waals surface area contributed by atoms with Gasteiger partial charge in [-0.2, -0.15) is 5.10 Å². The molecule has 2 rings (SSSR count). The first-order valence-electron chi connectivity index (χ1n) is 4.33. The molecule has 0 atom stereocenters. The van der Waals surface area contributed by atoms with E-state index in [0.29, 0.717) is 0 Å². The Hall–Kier alpha value is -1.35. The van der Waals surface area contributed by atoms with Crippen molar-refractivity contribution in [2.75, 3.05) is 14.1 Å². The summed E-state index contributed by atoms with van der Waals surface area (Å²) in [4.78, 5) is 2.15. The normalized spacial score (nSPS) is 11.3. The SMILES string of the molecule is CN(C)Cc1cccc2cn[nH]c12. The van der Waals surface area contributed by atoms with Crippen LogP contribution in [0.25, 0.3) is 10.9 Å². The fraction of sp³-hybridized carbons (Fsp3) is 0.300. The maximum atomic E-state index is 4.03. The summed E-state index contributed by atoms with van der Waals surface area (Å²) < 4.78 is 0. The summed E-state index contributed by atoms with van der Waals surface area (Å²) in [5.74, 6) is 0. The second-order valence-electron chi connectivity index (χ2n) is 3.49. The summed E-state index contributed by atoms with van der Waals surface area (Å²) in [5, 5.41) is 8.22. The lowest BCUT2D eigenvalue weighted by molar-refractivity contribution is 0.404. The zero-order valence-corrected chi connectivity index (χ0v) is 7.91. The topological polar surface area (TPSA) is 31.9 Å². The number of aromatic amines is 1. The Labute approximate surface area is 77.4 Å². The van der Waals surface area contributed by atoms with Crippen molar-refractivity contribution in [3.63, 3.8) is 0 Å². The lowest BCUT2D eigenvalue weighted by atomic mass is 10.1. The van der Waals surface area contributed by atoms with Crippen LogP contribution in [0.15, 0.2) is 24.4 Å². The summed E-state index contributed by atoms with van der Waals surface area (Å²) in [6.45, 7) is 0.944. The maximum absolute atomic E-state index is 4.03. The number of rotatable bonds is 2. The molecule has 0 fully saturated rings. The molecule has 0 spiro atoms. The highest BCUT2D eigenvalue weighted by Crippen LogP contribution is 2.16. The summed E-state index contributed by atoms with van der Waals surface area (Å²) >= 11 is 0. The van der Waals surface area contributed by atoms with Gasteiger partial charge in [-0.05, 0) is 19.7 Å². The van der Waals surface area contributed by atoms with Crippen LogP contribution in [0.4, 0.5) is 0 Å². The lowest BCUT2D eigenvalue weighted by Crippen LogP contribution is -2.10. The number of benzene rings is 1. The van der Waals surface area contributed by atoms with Crippen LogP contribution >= 0.6 is 0 Å². The highest BCUT2D eigenvalue weighted by atomic mass is 15.1. The summed E-state index contributed by atoms with van der Waals surface area (Å²) in [7, 11) is 4.13. The molecule has 2 aromatic rings. The van der Waals surface area contributed by atoms with E-state index in [0.717, 1.165) is 12.1 Å². The molecule has 0 aliphatic carbocycles.